The Morgan fingerprint density at radius 3 is 2.45 bits per heavy atom. The summed E-state index contributed by atoms with van der Waals surface area (Å²) in [4.78, 5) is 11.5. The molecule has 1 aromatic carbocycles. The van der Waals surface area contributed by atoms with E-state index in [1.165, 1.54) is 0 Å². The Kier molecular flexibility index (Phi) is 5.69. The Morgan fingerprint density at radius 1 is 1.09 bits per heavy atom. The number of aliphatic hydroxyl groups is 4. The summed E-state index contributed by atoms with van der Waals surface area (Å²) in [6.45, 7) is -0.0969. The number of carbonyl (C=O) groups excluding carboxylic acids is 1. The van der Waals surface area contributed by atoms with Crippen LogP contribution in [0.1, 0.15) is 5.56 Å². The summed E-state index contributed by atoms with van der Waals surface area (Å²) in [5.41, 5.74) is 0.820. The Hall–Kier alpha value is -1.71. The maximum absolute atomic E-state index is 11.5. The van der Waals surface area contributed by atoms with E-state index in [2.05, 4.69) is 5.32 Å². The lowest BCUT2D eigenvalue weighted by Crippen LogP contribution is -2.60. The molecular formula is C14H19NO7. The predicted octanol–water partition coefficient (Wildman–Crippen LogP) is -1.29. The number of benzene rings is 1. The zero-order chi connectivity index (χ0) is 16.1. The van der Waals surface area contributed by atoms with Crippen LogP contribution in [0, 0.1) is 0 Å². The van der Waals surface area contributed by atoms with Crippen molar-refractivity contribution in [3.63, 3.8) is 0 Å². The third kappa shape index (κ3) is 4.15. The first-order valence-electron chi connectivity index (χ1n) is 6.81. The molecule has 5 atom stereocenters. The molecule has 0 radical (unpaired) electrons. The molecule has 1 aromatic rings. The van der Waals surface area contributed by atoms with Crippen molar-refractivity contribution in [2.75, 3.05) is 6.54 Å². The van der Waals surface area contributed by atoms with E-state index in [-0.39, 0.29) is 13.2 Å². The molecule has 122 valence electrons. The first kappa shape index (κ1) is 16.7. The molecule has 1 amide bonds. The second kappa shape index (κ2) is 7.52. The van der Waals surface area contributed by atoms with Gasteiger partial charge in [0.05, 0.1) is 0 Å². The van der Waals surface area contributed by atoms with Crippen LogP contribution in [0.4, 0.5) is 4.79 Å². The van der Waals surface area contributed by atoms with Crippen LogP contribution in [-0.2, 0) is 16.1 Å². The molecule has 22 heavy (non-hydrogen) atoms. The van der Waals surface area contributed by atoms with Crippen molar-refractivity contribution in [3.05, 3.63) is 35.9 Å². The average molecular weight is 313 g/mol. The van der Waals surface area contributed by atoms with Crippen LogP contribution in [0.25, 0.3) is 0 Å². The fourth-order valence-electron chi connectivity index (χ4n) is 2.06. The zero-order valence-electron chi connectivity index (χ0n) is 11.7. The normalized spacial score (nSPS) is 31.5. The van der Waals surface area contributed by atoms with E-state index < -0.39 is 36.8 Å². The van der Waals surface area contributed by atoms with E-state index in [0.29, 0.717) is 0 Å². The molecule has 1 saturated heterocycles. The molecule has 2 rings (SSSR count). The highest BCUT2D eigenvalue weighted by molar-refractivity contribution is 5.67. The quantitative estimate of drug-likeness (QED) is 0.468. The van der Waals surface area contributed by atoms with Crippen LogP contribution < -0.4 is 5.32 Å². The first-order chi connectivity index (χ1) is 10.5. The molecule has 1 heterocycles. The van der Waals surface area contributed by atoms with Gasteiger partial charge >= 0.3 is 6.09 Å². The summed E-state index contributed by atoms with van der Waals surface area (Å²) in [5.74, 6) is 0. The van der Waals surface area contributed by atoms with Crippen LogP contribution in [0.5, 0.6) is 0 Å². The van der Waals surface area contributed by atoms with Gasteiger partial charge in [-0.3, -0.25) is 0 Å². The molecular weight excluding hydrogens is 294 g/mol. The molecule has 0 bridgehead atoms. The highest BCUT2D eigenvalue weighted by Crippen LogP contribution is 2.19. The lowest BCUT2D eigenvalue weighted by molar-refractivity contribution is -0.280. The van der Waals surface area contributed by atoms with Crippen molar-refractivity contribution >= 4 is 6.09 Å². The molecule has 1 fully saturated rings. The largest absolute Gasteiger partial charge is 0.445 e. The van der Waals surface area contributed by atoms with E-state index in [1.807, 2.05) is 18.2 Å². The number of hydrogen-bond acceptors (Lipinski definition) is 7. The summed E-state index contributed by atoms with van der Waals surface area (Å²) in [5, 5.41) is 40.3. The summed E-state index contributed by atoms with van der Waals surface area (Å²) < 4.78 is 9.89. The van der Waals surface area contributed by atoms with Gasteiger partial charge in [-0.05, 0) is 5.56 Å². The lowest BCUT2D eigenvalue weighted by Gasteiger charge is -2.38. The molecule has 0 saturated carbocycles. The number of ether oxygens (including phenoxy) is 2. The van der Waals surface area contributed by atoms with Crippen molar-refractivity contribution in [2.45, 2.75) is 37.3 Å². The Balaban J connectivity index is 1.76. The SMILES string of the molecule is O=C(NC[C@H]1O[C@H](O)[C@@H](O)[C@@H](O)[C@@H]1O)OCc1ccccc1. The van der Waals surface area contributed by atoms with E-state index in [9.17, 15) is 25.2 Å². The molecule has 0 spiro atoms. The van der Waals surface area contributed by atoms with E-state index in [1.54, 1.807) is 12.1 Å². The third-order valence-corrected chi connectivity index (χ3v) is 3.35. The van der Waals surface area contributed by atoms with Crippen LogP contribution in [0.15, 0.2) is 30.3 Å². The van der Waals surface area contributed by atoms with Crippen LogP contribution in [-0.4, -0.2) is 63.8 Å². The van der Waals surface area contributed by atoms with E-state index >= 15 is 0 Å². The van der Waals surface area contributed by atoms with Gasteiger partial charge in [-0.25, -0.2) is 4.79 Å². The Labute approximate surface area is 126 Å². The van der Waals surface area contributed by atoms with Gasteiger partial charge in [0.25, 0.3) is 0 Å². The number of alkyl carbamates (subject to hydrolysis) is 1. The van der Waals surface area contributed by atoms with Gasteiger partial charge < -0.3 is 35.2 Å². The monoisotopic (exact) mass is 313 g/mol. The first-order valence-corrected chi connectivity index (χ1v) is 6.81. The van der Waals surface area contributed by atoms with Gasteiger partial charge in [0.1, 0.15) is 31.0 Å². The molecule has 8 heteroatoms. The standard InChI is InChI=1S/C14H19NO7/c16-10-9(22-13(19)12(18)11(10)17)6-15-14(20)21-7-8-4-2-1-3-5-8/h1-5,9-13,16-19H,6-7H2,(H,15,20)/t9-,10-,11+,12+,13+/m1/s1. The van der Waals surface area contributed by atoms with Crippen molar-refractivity contribution in [2.24, 2.45) is 0 Å². The number of carbonyl (C=O) groups is 1. The maximum atomic E-state index is 11.5. The molecule has 1 aliphatic heterocycles. The van der Waals surface area contributed by atoms with Gasteiger partial charge in [-0.15, -0.1) is 0 Å². The van der Waals surface area contributed by atoms with Crippen molar-refractivity contribution in [1.82, 2.24) is 5.32 Å². The summed E-state index contributed by atoms with van der Waals surface area (Å²) >= 11 is 0. The molecule has 5 N–H and O–H groups in total. The second-order valence-electron chi connectivity index (χ2n) is 4.98. The van der Waals surface area contributed by atoms with Crippen molar-refractivity contribution in [1.29, 1.82) is 0 Å². The molecule has 1 aliphatic rings. The number of hydrogen-bond donors (Lipinski definition) is 5. The second-order valence-corrected chi connectivity index (χ2v) is 4.98. The minimum Gasteiger partial charge on any atom is -0.445 e. The minimum atomic E-state index is -1.63. The number of rotatable bonds is 4. The molecule has 0 aliphatic carbocycles. The summed E-state index contributed by atoms with van der Waals surface area (Å²) in [6.07, 6.45) is -8.02. The highest BCUT2D eigenvalue weighted by atomic mass is 16.6. The van der Waals surface area contributed by atoms with Crippen LogP contribution in [0.2, 0.25) is 0 Å². The maximum Gasteiger partial charge on any atom is 0.407 e. The predicted molar refractivity (Wildman–Crippen MR) is 73.5 cm³/mol. The number of amides is 1. The smallest absolute Gasteiger partial charge is 0.407 e. The third-order valence-electron chi connectivity index (χ3n) is 3.35. The van der Waals surface area contributed by atoms with E-state index in [0.717, 1.165) is 5.56 Å². The van der Waals surface area contributed by atoms with Gasteiger partial charge in [0.2, 0.25) is 0 Å². The van der Waals surface area contributed by atoms with Gasteiger partial charge in [0.15, 0.2) is 6.29 Å². The number of nitrogens with one attached hydrogen (secondary N) is 1. The summed E-state index contributed by atoms with van der Waals surface area (Å²) in [6, 6.07) is 9.08. The van der Waals surface area contributed by atoms with Gasteiger partial charge in [-0.2, -0.15) is 0 Å². The lowest BCUT2D eigenvalue weighted by atomic mass is 9.99. The fraction of sp³-hybridized carbons (Fsp3) is 0.500. The van der Waals surface area contributed by atoms with Crippen LogP contribution >= 0.6 is 0 Å². The van der Waals surface area contributed by atoms with E-state index in [4.69, 9.17) is 9.47 Å². The highest BCUT2D eigenvalue weighted by Gasteiger charge is 2.42. The Morgan fingerprint density at radius 2 is 1.77 bits per heavy atom. The van der Waals surface area contributed by atoms with Crippen LogP contribution in [0.3, 0.4) is 0 Å². The topological polar surface area (TPSA) is 128 Å². The minimum absolute atomic E-state index is 0.0880. The van der Waals surface area contributed by atoms with Crippen molar-refractivity contribution < 1.29 is 34.7 Å². The van der Waals surface area contributed by atoms with Gasteiger partial charge in [-0.1, -0.05) is 30.3 Å². The fourth-order valence-corrected chi connectivity index (χ4v) is 2.06. The Bertz CT molecular complexity index is 483. The molecule has 0 aromatic heterocycles. The van der Waals surface area contributed by atoms with Crippen molar-refractivity contribution in [3.8, 4) is 0 Å². The zero-order valence-corrected chi connectivity index (χ0v) is 11.7. The summed E-state index contributed by atoms with van der Waals surface area (Å²) in [7, 11) is 0. The number of aliphatic hydroxyl groups excluding tert-OH is 4. The average Bonchev–Trinajstić information content (AvgIpc) is 2.54. The molecule has 0 unspecified atom stereocenters. The van der Waals surface area contributed by atoms with Gasteiger partial charge in [0, 0.05) is 6.54 Å². The molecule has 8 nitrogen and oxygen atoms in total.